The summed E-state index contributed by atoms with van der Waals surface area (Å²) in [5, 5.41) is 6.71. The van der Waals surface area contributed by atoms with Gasteiger partial charge in [0.25, 0.3) is 0 Å². The molecule has 1 aliphatic rings. The van der Waals surface area contributed by atoms with Gasteiger partial charge >= 0.3 is 0 Å². The number of carbonyl (C=O) groups is 1. The maximum atomic E-state index is 11.8. The zero-order valence-corrected chi connectivity index (χ0v) is 19.2. The molecule has 1 fully saturated rings. The minimum absolute atomic E-state index is 0. The average molecular weight is 488 g/mol. The second-order valence-electron chi connectivity index (χ2n) is 7.24. The van der Waals surface area contributed by atoms with Crippen LogP contribution in [0.4, 0.5) is 0 Å². The van der Waals surface area contributed by atoms with Crippen molar-refractivity contribution in [1.82, 2.24) is 15.5 Å². The average Bonchev–Trinajstić information content (AvgIpc) is 3.09. The maximum Gasteiger partial charge on any atom is 0.243 e. The maximum absolute atomic E-state index is 11.8. The van der Waals surface area contributed by atoms with Crippen LogP contribution in [0.3, 0.4) is 0 Å². The number of amides is 1. The summed E-state index contributed by atoms with van der Waals surface area (Å²) in [4.78, 5) is 17.8. The largest absolute Gasteiger partial charge is 0.381 e. The molecular weight excluding hydrogens is 455 g/mol. The summed E-state index contributed by atoms with van der Waals surface area (Å²) in [6.07, 6.45) is 1.98. The van der Waals surface area contributed by atoms with Crippen LogP contribution in [0.5, 0.6) is 0 Å². The van der Waals surface area contributed by atoms with Crippen molar-refractivity contribution < 1.29 is 9.53 Å². The predicted octanol–water partition coefficient (Wildman–Crippen LogP) is 2.12. The van der Waals surface area contributed by atoms with E-state index < -0.39 is 0 Å². The standard InChI is InChI=1S/C20H32N4O2.HI/c1-15-9-16(2)11-17(10-15)5-7-21-20(23-13-19(25)24(3)4)22-12-18-6-8-26-14-18;/h9-11,18H,5-8,12-14H2,1-4H3,(H2,21,22,23);1H. The van der Waals surface area contributed by atoms with Gasteiger partial charge in [-0.2, -0.15) is 0 Å². The third-order valence-electron chi connectivity index (χ3n) is 4.44. The van der Waals surface area contributed by atoms with Crippen molar-refractivity contribution in [3.63, 3.8) is 0 Å². The van der Waals surface area contributed by atoms with Gasteiger partial charge in [-0.25, -0.2) is 4.99 Å². The van der Waals surface area contributed by atoms with Crippen LogP contribution < -0.4 is 10.6 Å². The number of carbonyl (C=O) groups excluding carboxylic acids is 1. The fourth-order valence-electron chi connectivity index (χ4n) is 2.99. The summed E-state index contributed by atoms with van der Waals surface area (Å²) in [5.74, 6) is 1.19. The molecule has 0 saturated carbocycles. The van der Waals surface area contributed by atoms with Crippen LogP contribution in [0.2, 0.25) is 0 Å². The van der Waals surface area contributed by atoms with Crippen molar-refractivity contribution in [3.8, 4) is 0 Å². The molecule has 1 atom stereocenters. The Morgan fingerprint density at radius 2 is 1.93 bits per heavy atom. The molecule has 1 aromatic carbocycles. The van der Waals surface area contributed by atoms with Crippen molar-refractivity contribution in [2.45, 2.75) is 26.7 Å². The number of nitrogens with zero attached hydrogens (tertiary/aromatic N) is 2. The quantitative estimate of drug-likeness (QED) is 0.351. The van der Waals surface area contributed by atoms with E-state index in [0.29, 0.717) is 11.9 Å². The molecule has 152 valence electrons. The first-order valence-electron chi connectivity index (χ1n) is 9.31. The van der Waals surface area contributed by atoms with Gasteiger partial charge in [-0.3, -0.25) is 4.79 Å². The SMILES string of the molecule is Cc1cc(C)cc(CCNC(=NCC(=O)N(C)C)NCC2CCOC2)c1.I. The van der Waals surface area contributed by atoms with Crippen LogP contribution in [-0.4, -0.2) is 63.7 Å². The van der Waals surface area contributed by atoms with Crippen molar-refractivity contribution in [2.24, 2.45) is 10.9 Å². The van der Waals surface area contributed by atoms with Crippen molar-refractivity contribution in [2.75, 3.05) is 46.9 Å². The van der Waals surface area contributed by atoms with Gasteiger partial charge in [0.05, 0.1) is 6.61 Å². The molecule has 6 nitrogen and oxygen atoms in total. The van der Waals surface area contributed by atoms with Crippen LogP contribution in [0.1, 0.15) is 23.1 Å². The van der Waals surface area contributed by atoms with E-state index in [-0.39, 0.29) is 36.4 Å². The van der Waals surface area contributed by atoms with E-state index in [9.17, 15) is 4.79 Å². The van der Waals surface area contributed by atoms with Gasteiger partial charge in [0.1, 0.15) is 6.54 Å². The highest BCUT2D eigenvalue weighted by molar-refractivity contribution is 14.0. The molecule has 0 bridgehead atoms. The zero-order valence-electron chi connectivity index (χ0n) is 16.9. The molecule has 1 saturated heterocycles. The Morgan fingerprint density at radius 3 is 2.52 bits per heavy atom. The second kappa shape index (κ2) is 12.2. The van der Waals surface area contributed by atoms with Crippen LogP contribution in [0, 0.1) is 19.8 Å². The molecule has 1 heterocycles. The molecule has 1 aromatic rings. The Morgan fingerprint density at radius 1 is 1.22 bits per heavy atom. The number of guanidine groups is 1. The van der Waals surface area contributed by atoms with E-state index in [1.54, 1.807) is 19.0 Å². The number of hydrogen-bond acceptors (Lipinski definition) is 3. The van der Waals surface area contributed by atoms with Crippen LogP contribution in [0.15, 0.2) is 23.2 Å². The molecule has 0 spiro atoms. The van der Waals surface area contributed by atoms with E-state index in [1.165, 1.54) is 16.7 Å². The number of hydrogen-bond donors (Lipinski definition) is 2. The molecule has 0 aliphatic carbocycles. The summed E-state index contributed by atoms with van der Waals surface area (Å²) in [7, 11) is 3.49. The molecule has 1 aliphatic heterocycles. The summed E-state index contributed by atoms with van der Waals surface area (Å²) < 4.78 is 5.42. The number of ether oxygens (including phenoxy) is 1. The number of aliphatic imine (C=N–C) groups is 1. The lowest BCUT2D eigenvalue weighted by Crippen LogP contribution is -2.41. The first kappa shape index (κ1) is 23.7. The Hall–Kier alpha value is -1.35. The third-order valence-corrected chi connectivity index (χ3v) is 4.44. The Labute approximate surface area is 180 Å². The van der Waals surface area contributed by atoms with Crippen LogP contribution >= 0.6 is 24.0 Å². The number of likely N-dealkylation sites (N-methyl/N-ethyl adjacent to an activating group) is 1. The number of benzene rings is 1. The van der Waals surface area contributed by atoms with Gasteiger partial charge in [-0.1, -0.05) is 29.3 Å². The molecule has 27 heavy (non-hydrogen) atoms. The Kier molecular flexibility index (Phi) is 10.7. The minimum Gasteiger partial charge on any atom is -0.381 e. The topological polar surface area (TPSA) is 66.0 Å². The molecule has 2 rings (SSSR count). The Bertz CT molecular complexity index is 608. The van der Waals surface area contributed by atoms with Crippen molar-refractivity contribution >= 4 is 35.8 Å². The van der Waals surface area contributed by atoms with Gasteiger partial charge in [0, 0.05) is 39.7 Å². The van der Waals surface area contributed by atoms with E-state index in [0.717, 1.165) is 39.1 Å². The molecule has 2 N–H and O–H groups in total. The first-order valence-corrected chi connectivity index (χ1v) is 9.31. The fourth-order valence-corrected chi connectivity index (χ4v) is 2.99. The summed E-state index contributed by atoms with van der Waals surface area (Å²) in [5.41, 5.74) is 3.87. The highest BCUT2D eigenvalue weighted by Crippen LogP contribution is 2.11. The normalized spacial score (nSPS) is 16.6. The van der Waals surface area contributed by atoms with E-state index in [1.807, 2.05) is 0 Å². The van der Waals surface area contributed by atoms with Gasteiger partial charge in [0.15, 0.2) is 5.96 Å². The van der Waals surface area contributed by atoms with Gasteiger partial charge in [-0.05, 0) is 32.3 Å². The highest BCUT2D eigenvalue weighted by Gasteiger charge is 2.16. The lowest BCUT2D eigenvalue weighted by atomic mass is 10.1. The number of rotatable bonds is 7. The fraction of sp³-hybridized carbons (Fsp3) is 0.600. The van der Waals surface area contributed by atoms with Crippen LogP contribution in [0.25, 0.3) is 0 Å². The molecule has 7 heteroatoms. The minimum atomic E-state index is -0.00962. The zero-order chi connectivity index (χ0) is 18.9. The van der Waals surface area contributed by atoms with Crippen molar-refractivity contribution in [3.05, 3.63) is 34.9 Å². The van der Waals surface area contributed by atoms with E-state index >= 15 is 0 Å². The first-order chi connectivity index (χ1) is 12.4. The summed E-state index contributed by atoms with van der Waals surface area (Å²) >= 11 is 0. The number of aryl methyl sites for hydroxylation is 2. The van der Waals surface area contributed by atoms with E-state index in [2.05, 4.69) is 47.7 Å². The lowest BCUT2D eigenvalue weighted by molar-refractivity contribution is -0.127. The van der Waals surface area contributed by atoms with Crippen LogP contribution in [-0.2, 0) is 16.0 Å². The molecule has 0 aromatic heterocycles. The van der Waals surface area contributed by atoms with Gasteiger partial charge in [-0.15, -0.1) is 24.0 Å². The molecular formula is C20H33IN4O2. The van der Waals surface area contributed by atoms with Gasteiger partial charge < -0.3 is 20.3 Å². The molecule has 1 amide bonds. The summed E-state index contributed by atoms with van der Waals surface area (Å²) in [6, 6.07) is 6.61. The Balaban J connectivity index is 0.00000364. The van der Waals surface area contributed by atoms with E-state index in [4.69, 9.17) is 4.74 Å². The monoisotopic (exact) mass is 488 g/mol. The summed E-state index contributed by atoms with van der Waals surface area (Å²) in [6.45, 7) is 7.59. The highest BCUT2D eigenvalue weighted by atomic mass is 127. The molecule has 1 unspecified atom stereocenters. The molecule has 0 radical (unpaired) electrons. The van der Waals surface area contributed by atoms with Crippen molar-refractivity contribution in [1.29, 1.82) is 0 Å². The number of nitrogens with one attached hydrogen (secondary N) is 2. The lowest BCUT2D eigenvalue weighted by Gasteiger charge is -2.16. The van der Waals surface area contributed by atoms with Gasteiger partial charge in [0.2, 0.25) is 5.91 Å². The number of halogens is 1. The third kappa shape index (κ3) is 8.92. The smallest absolute Gasteiger partial charge is 0.243 e. The second-order valence-corrected chi connectivity index (χ2v) is 7.24. The predicted molar refractivity (Wildman–Crippen MR) is 121 cm³/mol.